The lowest BCUT2D eigenvalue weighted by atomic mass is 10.00. The van der Waals surface area contributed by atoms with Crippen molar-refractivity contribution in [1.29, 1.82) is 0 Å². The molecule has 0 bridgehead atoms. The molecule has 0 aromatic heterocycles. The second-order valence-electron chi connectivity index (χ2n) is 5.38. The van der Waals surface area contributed by atoms with E-state index in [1.807, 2.05) is 49.4 Å². The Kier molecular flexibility index (Phi) is 3.65. The normalized spacial score (nSPS) is 16.2. The van der Waals surface area contributed by atoms with Crippen molar-refractivity contribution in [3.05, 3.63) is 59.2 Å². The van der Waals surface area contributed by atoms with Crippen molar-refractivity contribution in [2.45, 2.75) is 25.9 Å². The maximum absolute atomic E-state index is 12.5. The summed E-state index contributed by atoms with van der Waals surface area (Å²) >= 11 is 0. The van der Waals surface area contributed by atoms with Gasteiger partial charge >= 0.3 is 0 Å². The van der Waals surface area contributed by atoms with Gasteiger partial charge in [-0.15, -0.1) is 0 Å². The molecule has 0 radical (unpaired) electrons. The van der Waals surface area contributed by atoms with E-state index >= 15 is 0 Å². The molecule has 1 atom stereocenters. The Morgan fingerprint density at radius 2 is 2.10 bits per heavy atom. The molecule has 21 heavy (non-hydrogen) atoms. The number of para-hydroxylation sites is 1. The van der Waals surface area contributed by atoms with E-state index in [4.69, 9.17) is 9.47 Å². The van der Waals surface area contributed by atoms with Crippen molar-refractivity contribution in [2.75, 3.05) is 7.11 Å². The van der Waals surface area contributed by atoms with Crippen molar-refractivity contribution in [1.82, 2.24) is 0 Å². The van der Waals surface area contributed by atoms with E-state index in [9.17, 15) is 4.79 Å². The molecule has 108 valence electrons. The van der Waals surface area contributed by atoms with Crippen LogP contribution in [0.1, 0.15) is 16.7 Å². The second-order valence-corrected chi connectivity index (χ2v) is 5.38. The van der Waals surface area contributed by atoms with Crippen LogP contribution in [0, 0.1) is 6.92 Å². The lowest BCUT2D eigenvalue weighted by Crippen LogP contribution is -2.27. The molecule has 3 rings (SSSR count). The van der Waals surface area contributed by atoms with Crippen LogP contribution in [0.4, 0.5) is 0 Å². The van der Waals surface area contributed by atoms with Gasteiger partial charge in [-0.25, -0.2) is 0 Å². The standard InChI is InChI=1S/C18H18O3/c1-12-7-8-16(20-2)14(9-12)10-15(19)18-11-13-5-3-4-6-17(13)21-18/h3-9,18H,10-11H2,1-2H3. The maximum atomic E-state index is 12.5. The quantitative estimate of drug-likeness (QED) is 0.864. The highest BCUT2D eigenvalue weighted by atomic mass is 16.5. The largest absolute Gasteiger partial charge is 0.496 e. The molecule has 1 aliphatic heterocycles. The molecule has 0 amide bonds. The highest BCUT2D eigenvalue weighted by molar-refractivity contribution is 5.87. The first kappa shape index (κ1) is 13.7. The third-order valence-corrected chi connectivity index (χ3v) is 3.81. The molecule has 0 spiro atoms. The molecule has 0 saturated heterocycles. The lowest BCUT2D eigenvalue weighted by molar-refractivity contribution is -0.124. The van der Waals surface area contributed by atoms with Gasteiger partial charge in [0, 0.05) is 18.4 Å². The van der Waals surface area contributed by atoms with Gasteiger partial charge in [0.05, 0.1) is 7.11 Å². The predicted molar refractivity (Wildman–Crippen MR) is 81.0 cm³/mol. The molecule has 0 saturated carbocycles. The zero-order valence-corrected chi connectivity index (χ0v) is 12.3. The number of carbonyl (C=O) groups excluding carboxylic acids is 1. The topological polar surface area (TPSA) is 35.5 Å². The van der Waals surface area contributed by atoms with Gasteiger partial charge in [-0.3, -0.25) is 4.79 Å². The van der Waals surface area contributed by atoms with Gasteiger partial charge in [-0.05, 0) is 24.6 Å². The molecule has 3 heteroatoms. The minimum atomic E-state index is -0.382. The Morgan fingerprint density at radius 3 is 2.86 bits per heavy atom. The van der Waals surface area contributed by atoms with E-state index in [1.54, 1.807) is 7.11 Å². The maximum Gasteiger partial charge on any atom is 0.178 e. The average Bonchev–Trinajstić information content (AvgIpc) is 2.91. The third kappa shape index (κ3) is 2.77. The number of ketones is 1. The van der Waals surface area contributed by atoms with Crippen LogP contribution in [0.25, 0.3) is 0 Å². The van der Waals surface area contributed by atoms with Gasteiger partial charge in [-0.1, -0.05) is 35.9 Å². The summed E-state index contributed by atoms with van der Waals surface area (Å²) in [4.78, 5) is 12.5. The smallest absolute Gasteiger partial charge is 0.178 e. The molecule has 2 aromatic carbocycles. The Balaban J connectivity index is 1.75. The first-order valence-electron chi connectivity index (χ1n) is 7.08. The molecule has 0 N–H and O–H groups in total. The highest BCUT2D eigenvalue weighted by Gasteiger charge is 2.29. The zero-order valence-electron chi connectivity index (χ0n) is 12.3. The van der Waals surface area contributed by atoms with Crippen LogP contribution in [-0.2, 0) is 17.6 Å². The predicted octanol–water partition coefficient (Wildman–Crippen LogP) is 3.12. The van der Waals surface area contributed by atoms with Crippen molar-refractivity contribution in [2.24, 2.45) is 0 Å². The molecule has 1 aliphatic rings. The molecular formula is C18H18O3. The minimum absolute atomic E-state index is 0.0927. The highest BCUT2D eigenvalue weighted by Crippen LogP contribution is 2.29. The fraction of sp³-hybridized carbons (Fsp3) is 0.278. The summed E-state index contributed by atoms with van der Waals surface area (Å²) in [5, 5.41) is 0. The SMILES string of the molecule is COc1ccc(C)cc1CC(=O)C1Cc2ccccc2O1. The summed E-state index contributed by atoms with van der Waals surface area (Å²) < 4.78 is 11.1. The van der Waals surface area contributed by atoms with Crippen LogP contribution in [0.5, 0.6) is 11.5 Å². The fourth-order valence-corrected chi connectivity index (χ4v) is 2.71. The summed E-state index contributed by atoms with van der Waals surface area (Å²) in [5.74, 6) is 1.67. The summed E-state index contributed by atoms with van der Waals surface area (Å²) in [6.07, 6.45) is 0.611. The van der Waals surface area contributed by atoms with Gasteiger partial charge in [0.1, 0.15) is 11.5 Å². The second kappa shape index (κ2) is 5.60. The van der Waals surface area contributed by atoms with E-state index in [-0.39, 0.29) is 11.9 Å². The van der Waals surface area contributed by atoms with Crippen LogP contribution in [0.15, 0.2) is 42.5 Å². The van der Waals surface area contributed by atoms with E-state index in [0.717, 1.165) is 28.2 Å². The first-order chi connectivity index (χ1) is 10.2. The average molecular weight is 282 g/mol. The number of carbonyl (C=O) groups is 1. The van der Waals surface area contributed by atoms with E-state index in [0.29, 0.717) is 12.8 Å². The number of benzene rings is 2. The Morgan fingerprint density at radius 1 is 1.29 bits per heavy atom. The van der Waals surface area contributed by atoms with Gasteiger partial charge in [0.25, 0.3) is 0 Å². The lowest BCUT2D eigenvalue weighted by Gasteiger charge is -2.12. The summed E-state index contributed by atoms with van der Waals surface area (Å²) in [7, 11) is 1.63. The van der Waals surface area contributed by atoms with Crippen LogP contribution >= 0.6 is 0 Å². The molecule has 0 aliphatic carbocycles. The van der Waals surface area contributed by atoms with Gasteiger partial charge in [0.15, 0.2) is 11.9 Å². The van der Waals surface area contributed by atoms with Gasteiger partial charge in [-0.2, -0.15) is 0 Å². The Hall–Kier alpha value is -2.29. The number of fused-ring (bicyclic) bond motifs is 1. The van der Waals surface area contributed by atoms with Crippen molar-refractivity contribution in [3.8, 4) is 11.5 Å². The number of rotatable bonds is 4. The van der Waals surface area contributed by atoms with Gasteiger partial charge in [0.2, 0.25) is 0 Å². The molecule has 0 fully saturated rings. The van der Waals surface area contributed by atoms with Crippen LogP contribution in [0.2, 0.25) is 0 Å². The number of Topliss-reactive ketones (excluding diaryl/α,β-unsaturated/α-hetero) is 1. The number of hydrogen-bond acceptors (Lipinski definition) is 3. The summed E-state index contributed by atoms with van der Waals surface area (Å²) in [5.41, 5.74) is 3.14. The van der Waals surface area contributed by atoms with Crippen LogP contribution in [-0.4, -0.2) is 19.0 Å². The first-order valence-corrected chi connectivity index (χ1v) is 7.08. The summed E-state index contributed by atoms with van der Waals surface area (Å²) in [6, 6.07) is 13.7. The van der Waals surface area contributed by atoms with E-state index < -0.39 is 0 Å². The molecule has 1 unspecified atom stereocenters. The molecule has 2 aromatic rings. The van der Waals surface area contributed by atoms with Crippen molar-refractivity contribution >= 4 is 5.78 Å². The molecular weight excluding hydrogens is 264 g/mol. The van der Waals surface area contributed by atoms with Crippen LogP contribution < -0.4 is 9.47 Å². The number of ether oxygens (including phenoxy) is 2. The van der Waals surface area contributed by atoms with E-state index in [1.165, 1.54) is 0 Å². The zero-order chi connectivity index (χ0) is 14.8. The monoisotopic (exact) mass is 282 g/mol. The summed E-state index contributed by atoms with van der Waals surface area (Å²) in [6.45, 7) is 2.01. The number of methoxy groups -OCH3 is 1. The molecule has 3 nitrogen and oxygen atoms in total. The van der Waals surface area contributed by atoms with E-state index in [2.05, 4.69) is 0 Å². The number of aryl methyl sites for hydroxylation is 1. The Labute approximate surface area is 124 Å². The van der Waals surface area contributed by atoms with Crippen molar-refractivity contribution in [3.63, 3.8) is 0 Å². The minimum Gasteiger partial charge on any atom is -0.496 e. The molecule has 1 heterocycles. The van der Waals surface area contributed by atoms with Crippen LogP contribution in [0.3, 0.4) is 0 Å². The van der Waals surface area contributed by atoms with Gasteiger partial charge < -0.3 is 9.47 Å². The van der Waals surface area contributed by atoms with Crippen molar-refractivity contribution < 1.29 is 14.3 Å². The third-order valence-electron chi connectivity index (χ3n) is 3.81. The number of hydrogen-bond donors (Lipinski definition) is 0. The fourth-order valence-electron chi connectivity index (χ4n) is 2.71. The Bertz CT molecular complexity index is 651.